The fourth-order valence-electron chi connectivity index (χ4n) is 4.35. The van der Waals surface area contributed by atoms with Gasteiger partial charge in [-0.15, -0.1) is 0 Å². The van der Waals surface area contributed by atoms with Gasteiger partial charge >= 0.3 is 0 Å². The molecule has 188 valence electrons. The molecule has 2 amide bonds. The summed E-state index contributed by atoms with van der Waals surface area (Å²) in [5, 5.41) is 1.16. The molecule has 5 rings (SSSR count). The Morgan fingerprint density at radius 1 is 1.08 bits per heavy atom. The molecule has 1 atom stereocenters. The number of nitrogens with zero attached hydrogens (tertiary/aromatic N) is 3. The number of aliphatic imine (C=N–C) groups is 1. The van der Waals surface area contributed by atoms with E-state index in [1.54, 1.807) is 18.2 Å². The van der Waals surface area contributed by atoms with Crippen LogP contribution in [0.25, 0.3) is 10.8 Å². The predicted molar refractivity (Wildman–Crippen MR) is 134 cm³/mol. The van der Waals surface area contributed by atoms with Gasteiger partial charge in [0, 0.05) is 23.9 Å². The largest absolute Gasteiger partial charge is 0.491 e. The molecule has 2 aliphatic heterocycles. The maximum Gasteiger partial charge on any atom is 0.265 e. The summed E-state index contributed by atoms with van der Waals surface area (Å²) in [6.45, 7) is 0.574. The van der Waals surface area contributed by atoms with Gasteiger partial charge in [-0.3, -0.25) is 18.7 Å². The van der Waals surface area contributed by atoms with E-state index in [1.165, 1.54) is 4.90 Å². The van der Waals surface area contributed by atoms with E-state index >= 15 is 0 Å². The van der Waals surface area contributed by atoms with Crippen molar-refractivity contribution >= 4 is 44.1 Å². The van der Waals surface area contributed by atoms with E-state index in [0.717, 1.165) is 6.26 Å². The smallest absolute Gasteiger partial charge is 0.265 e. The molecule has 3 aliphatic rings. The summed E-state index contributed by atoms with van der Waals surface area (Å²) in [6.07, 6.45) is 7.93. The highest BCUT2D eigenvalue weighted by Gasteiger charge is 2.43. The van der Waals surface area contributed by atoms with Crippen LogP contribution in [-0.2, 0) is 14.3 Å². The van der Waals surface area contributed by atoms with E-state index in [4.69, 9.17) is 18.6 Å². The molecule has 0 fully saturated rings. The first kappa shape index (κ1) is 24.2. The Bertz CT molecular complexity index is 1470. The summed E-state index contributed by atoms with van der Waals surface area (Å²) in [5.41, 5.74) is 1.63. The van der Waals surface area contributed by atoms with Crippen molar-refractivity contribution in [2.45, 2.75) is 6.10 Å². The van der Waals surface area contributed by atoms with Crippen LogP contribution in [0.4, 0.5) is 5.69 Å². The average molecular weight is 512 g/mol. The van der Waals surface area contributed by atoms with Gasteiger partial charge in [-0.05, 0) is 44.4 Å². The molecule has 11 heteroatoms. The Labute approximate surface area is 208 Å². The summed E-state index contributed by atoms with van der Waals surface area (Å²) in [6, 6.07) is 5.12. The maximum atomic E-state index is 13.5. The summed E-state index contributed by atoms with van der Waals surface area (Å²) < 4.78 is 39.0. The third kappa shape index (κ3) is 4.41. The maximum absolute atomic E-state index is 13.5. The van der Waals surface area contributed by atoms with Gasteiger partial charge in [-0.1, -0.05) is 12.2 Å². The highest BCUT2D eigenvalue weighted by Crippen LogP contribution is 2.48. The number of allylic oxidation sites excluding steroid dienone is 2. The van der Waals surface area contributed by atoms with Crippen molar-refractivity contribution < 1.29 is 31.7 Å². The molecule has 1 aliphatic carbocycles. The number of hydrogen-bond donors (Lipinski definition) is 0. The molecule has 0 radical (unpaired) electrons. The van der Waals surface area contributed by atoms with Gasteiger partial charge in [0.05, 0.1) is 23.1 Å². The van der Waals surface area contributed by atoms with Gasteiger partial charge in [-0.25, -0.2) is 4.99 Å². The SMILES string of the molecule is CN(C)CCN1C(=O)c2c3c(c4ccc(OCCOS(C)(=O)=O)cc4c2C1=O)N=C1C=CC=CC1O3. The van der Waals surface area contributed by atoms with Crippen LogP contribution in [0.15, 0.2) is 47.5 Å². The Kier molecular flexibility index (Phi) is 6.15. The zero-order valence-corrected chi connectivity index (χ0v) is 20.9. The Morgan fingerprint density at radius 2 is 1.86 bits per heavy atom. The van der Waals surface area contributed by atoms with Gasteiger partial charge in [0.25, 0.3) is 21.9 Å². The first-order chi connectivity index (χ1) is 17.1. The van der Waals surface area contributed by atoms with E-state index in [9.17, 15) is 18.0 Å². The number of likely N-dealkylation sites (N-methyl/N-ethyl adjacent to an activating group) is 1. The topological polar surface area (TPSA) is 115 Å². The second-order valence-electron chi connectivity index (χ2n) is 8.89. The van der Waals surface area contributed by atoms with Crippen molar-refractivity contribution in [2.75, 3.05) is 46.7 Å². The monoisotopic (exact) mass is 511 g/mol. The van der Waals surface area contributed by atoms with Gasteiger partial charge < -0.3 is 14.4 Å². The highest BCUT2D eigenvalue weighted by atomic mass is 32.2. The standard InChI is InChI=1S/C25H25N3O7S/c1-27(2)10-11-28-24(29)20-17-14-15(33-12-13-34-36(3,31)32)8-9-16(17)22-23(21(20)25(28)30)35-19-7-5-4-6-18(19)26-22/h4-9,14,19H,10-13H2,1-3H3. The summed E-state index contributed by atoms with van der Waals surface area (Å²) >= 11 is 0. The third-order valence-electron chi connectivity index (χ3n) is 5.99. The van der Waals surface area contributed by atoms with Crippen LogP contribution in [-0.4, -0.2) is 88.5 Å². The van der Waals surface area contributed by atoms with Crippen molar-refractivity contribution in [1.29, 1.82) is 0 Å². The molecule has 0 saturated carbocycles. The number of hydrogen-bond acceptors (Lipinski definition) is 9. The van der Waals surface area contributed by atoms with E-state index in [-0.39, 0.29) is 30.9 Å². The van der Waals surface area contributed by atoms with E-state index < -0.39 is 28.0 Å². The molecule has 0 N–H and O–H groups in total. The number of rotatable bonds is 8. The molecule has 2 aromatic rings. The average Bonchev–Trinajstić information content (AvgIpc) is 3.08. The second-order valence-corrected chi connectivity index (χ2v) is 10.5. The summed E-state index contributed by atoms with van der Waals surface area (Å²) in [7, 11) is 0.157. The number of fused-ring (bicyclic) bond motifs is 7. The zero-order valence-electron chi connectivity index (χ0n) is 20.1. The Morgan fingerprint density at radius 3 is 2.61 bits per heavy atom. The predicted octanol–water partition coefficient (Wildman–Crippen LogP) is 2.31. The van der Waals surface area contributed by atoms with Crippen LogP contribution in [0.1, 0.15) is 20.7 Å². The molecule has 0 saturated heterocycles. The molecule has 2 heterocycles. The molecular weight excluding hydrogens is 486 g/mol. The van der Waals surface area contributed by atoms with Gasteiger partial charge in [0.1, 0.15) is 24.7 Å². The van der Waals surface area contributed by atoms with Crippen LogP contribution in [0.5, 0.6) is 11.5 Å². The third-order valence-corrected chi connectivity index (χ3v) is 6.58. The Balaban J connectivity index is 1.61. The lowest BCUT2D eigenvalue weighted by atomic mass is 9.95. The second kappa shape index (κ2) is 9.16. The normalized spacial score (nSPS) is 18.3. The van der Waals surface area contributed by atoms with Crippen molar-refractivity contribution in [3.63, 3.8) is 0 Å². The molecule has 10 nitrogen and oxygen atoms in total. The molecule has 0 spiro atoms. The summed E-state index contributed by atoms with van der Waals surface area (Å²) in [4.78, 5) is 35.0. The first-order valence-corrected chi connectivity index (χ1v) is 13.2. The van der Waals surface area contributed by atoms with E-state index in [0.29, 0.717) is 40.2 Å². The van der Waals surface area contributed by atoms with Crippen LogP contribution >= 0.6 is 0 Å². The fraction of sp³-hybridized carbons (Fsp3) is 0.320. The zero-order chi connectivity index (χ0) is 25.6. The Hall–Kier alpha value is -3.54. The van der Waals surface area contributed by atoms with Crippen LogP contribution in [0.3, 0.4) is 0 Å². The van der Waals surface area contributed by atoms with Crippen LogP contribution in [0, 0.1) is 0 Å². The van der Waals surface area contributed by atoms with E-state index in [1.807, 2.05) is 43.3 Å². The number of carbonyl (C=O) groups excluding carboxylic acids is 2. The number of carbonyl (C=O) groups is 2. The van der Waals surface area contributed by atoms with Gasteiger partial charge in [0.15, 0.2) is 11.9 Å². The minimum absolute atomic E-state index is 0.0161. The molecule has 0 bridgehead atoms. The van der Waals surface area contributed by atoms with Crippen LogP contribution < -0.4 is 9.47 Å². The molecule has 2 aromatic carbocycles. The number of imide groups is 1. The lowest BCUT2D eigenvalue weighted by molar-refractivity contribution is 0.0644. The summed E-state index contributed by atoms with van der Waals surface area (Å²) in [5.74, 6) is -0.125. The lowest BCUT2D eigenvalue weighted by Crippen LogP contribution is -2.36. The minimum atomic E-state index is -3.58. The minimum Gasteiger partial charge on any atom is -0.491 e. The van der Waals surface area contributed by atoms with Crippen molar-refractivity contribution in [3.8, 4) is 11.5 Å². The number of amides is 2. The molecular formula is C25H25N3O7S. The fourth-order valence-corrected chi connectivity index (χ4v) is 4.72. The van der Waals surface area contributed by atoms with Gasteiger partial charge in [0.2, 0.25) is 0 Å². The number of ether oxygens (including phenoxy) is 2. The molecule has 0 aromatic heterocycles. The number of benzene rings is 2. The van der Waals surface area contributed by atoms with E-state index in [2.05, 4.69) is 0 Å². The van der Waals surface area contributed by atoms with Gasteiger partial charge in [-0.2, -0.15) is 8.42 Å². The van der Waals surface area contributed by atoms with Crippen molar-refractivity contribution in [2.24, 2.45) is 4.99 Å². The quantitative estimate of drug-likeness (QED) is 0.301. The van der Waals surface area contributed by atoms with Crippen molar-refractivity contribution in [1.82, 2.24) is 9.80 Å². The van der Waals surface area contributed by atoms with Crippen LogP contribution in [0.2, 0.25) is 0 Å². The molecule has 36 heavy (non-hydrogen) atoms. The van der Waals surface area contributed by atoms with Crippen molar-refractivity contribution in [3.05, 3.63) is 53.6 Å². The highest BCUT2D eigenvalue weighted by molar-refractivity contribution is 7.85. The molecule has 1 unspecified atom stereocenters. The first-order valence-electron chi connectivity index (χ1n) is 11.4. The lowest BCUT2D eigenvalue weighted by Gasteiger charge is -2.26.